The van der Waals surface area contributed by atoms with Gasteiger partial charge in [-0.15, -0.1) is 0 Å². The highest BCUT2D eigenvalue weighted by atomic mass is 16.3. The fraction of sp³-hybridized carbons (Fsp3) is 0.0909. The molecule has 0 atom stereocenters. The average Bonchev–Trinajstić information content (AvgIpc) is 2.95. The van der Waals surface area contributed by atoms with Crippen LogP contribution in [0, 0.1) is 0 Å². The Morgan fingerprint density at radius 2 is 1.48 bits per heavy atom. The Morgan fingerprint density at radius 1 is 0.889 bits per heavy atom. The lowest BCUT2D eigenvalue weighted by molar-refractivity contribution is -0.130. The third-order valence-corrected chi connectivity index (χ3v) is 4.75. The van der Waals surface area contributed by atoms with Crippen LogP contribution in [0.15, 0.2) is 89.9 Å². The van der Waals surface area contributed by atoms with Crippen LogP contribution in [0.3, 0.4) is 0 Å². The van der Waals surface area contributed by atoms with E-state index in [1.54, 1.807) is 18.2 Å². The Hall–Kier alpha value is -3.60. The van der Waals surface area contributed by atoms with Crippen molar-refractivity contribution >= 4 is 11.9 Å². The standard InChI is InChI=1S/C22H19N3O2/c23-21-24-22(17-9-3-1-4-10-17,18-11-5-2-6-12-18)20(27)25(21)15-16-8-7-13-19(26)14-16/h1-14,26H,15H2,(H2,23,24). The van der Waals surface area contributed by atoms with Crippen molar-refractivity contribution in [1.82, 2.24) is 4.90 Å². The average molecular weight is 357 g/mol. The van der Waals surface area contributed by atoms with Crippen LogP contribution in [0.2, 0.25) is 0 Å². The summed E-state index contributed by atoms with van der Waals surface area (Å²) >= 11 is 0. The van der Waals surface area contributed by atoms with Crippen LogP contribution < -0.4 is 5.73 Å². The fourth-order valence-electron chi connectivity index (χ4n) is 3.47. The van der Waals surface area contributed by atoms with E-state index in [1.165, 1.54) is 4.90 Å². The van der Waals surface area contributed by atoms with Gasteiger partial charge in [-0.25, -0.2) is 4.99 Å². The van der Waals surface area contributed by atoms with Crippen molar-refractivity contribution in [3.63, 3.8) is 0 Å². The number of phenolic OH excluding ortho intramolecular Hbond substituents is 1. The molecule has 3 aromatic rings. The molecule has 0 bridgehead atoms. The molecule has 1 aliphatic heterocycles. The van der Waals surface area contributed by atoms with Gasteiger partial charge in [-0.2, -0.15) is 0 Å². The summed E-state index contributed by atoms with van der Waals surface area (Å²) in [4.78, 5) is 19.7. The van der Waals surface area contributed by atoms with E-state index in [1.807, 2.05) is 66.7 Å². The third-order valence-electron chi connectivity index (χ3n) is 4.75. The second kappa shape index (κ2) is 6.61. The van der Waals surface area contributed by atoms with Gasteiger partial charge in [0.25, 0.3) is 5.91 Å². The quantitative estimate of drug-likeness (QED) is 0.753. The van der Waals surface area contributed by atoms with Crippen molar-refractivity contribution in [1.29, 1.82) is 0 Å². The summed E-state index contributed by atoms with van der Waals surface area (Å²) in [5.41, 5.74) is 7.30. The van der Waals surface area contributed by atoms with Crippen molar-refractivity contribution in [2.45, 2.75) is 12.1 Å². The third kappa shape index (κ3) is 2.83. The van der Waals surface area contributed by atoms with Crippen LogP contribution in [0.25, 0.3) is 0 Å². The van der Waals surface area contributed by atoms with E-state index in [-0.39, 0.29) is 24.2 Å². The zero-order chi connectivity index (χ0) is 18.9. The van der Waals surface area contributed by atoms with Gasteiger partial charge in [0, 0.05) is 0 Å². The van der Waals surface area contributed by atoms with E-state index >= 15 is 0 Å². The first-order valence-electron chi connectivity index (χ1n) is 8.67. The van der Waals surface area contributed by atoms with Crippen molar-refractivity contribution in [2.24, 2.45) is 10.7 Å². The molecule has 4 rings (SSSR count). The molecule has 27 heavy (non-hydrogen) atoms. The first-order chi connectivity index (χ1) is 13.1. The maximum Gasteiger partial charge on any atom is 0.266 e. The van der Waals surface area contributed by atoms with Crippen LogP contribution in [0.1, 0.15) is 16.7 Å². The Kier molecular flexibility index (Phi) is 4.12. The van der Waals surface area contributed by atoms with Gasteiger partial charge >= 0.3 is 0 Å². The number of benzene rings is 3. The molecule has 0 aromatic heterocycles. The normalized spacial score (nSPS) is 15.6. The molecule has 0 aliphatic carbocycles. The van der Waals surface area contributed by atoms with E-state index < -0.39 is 5.54 Å². The highest BCUT2D eigenvalue weighted by Crippen LogP contribution is 2.39. The Bertz CT molecular complexity index is 961. The van der Waals surface area contributed by atoms with Gasteiger partial charge in [0.2, 0.25) is 0 Å². The van der Waals surface area contributed by atoms with Crippen molar-refractivity contribution in [3.8, 4) is 5.75 Å². The fourth-order valence-corrected chi connectivity index (χ4v) is 3.47. The van der Waals surface area contributed by atoms with Crippen molar-refractivity contribution < 1.29 is 9.90 Å². The molecule has 0 radical (unpaired) electrons. The molecule has 0 saturated heterocycles. The number of carbonyl (C=O) groups excluding carboxylic acids is 1. The predicted octanol–water partition coefficient (Wildman–Crippen LogP) is 2.99. The molecule has 134 valence electrons. The molecule has 1 aliphatic rings. The topological polar surface area (TPSA) is 78.9 Å². The highest BCUT2D eigenvalue weighted by molar-refractivity contribution is 6.09. The molecule has 5 heteroatoms. The summed E-state index contributed by atoms with van der Waals surface area (Å²) in [6, 6.07) is 25.7. The first kappa shape index (κ1) is 16.8. The number of rotatable bonds is 4. The number of aliphatic imine (C=N–C) groups is 1. The zero-order valence-corrected chi connectivity index (χ0v) is 14.6. The summed E-state index contributed by atoms with van der Waals surface area (Å²) in [5.74, 6) is 0.101. The Labute approximate surface area is 157 Å². The monoisotopic (exact) mass is 357 g/mol. The lowest BCUT2D eigenvalue weighted by atomic mass is 9.83. The molecule has 0 spiro atoms. The number of aromatic hydroxyl groups is 1. The molecule has 0 fully saturated rings. The molecular formula is C22H19N3O2. The summed E-state index contributed by atoms with van der Waals surface area (Å²) in [6.07, 6.45) is 0. The second-order valence-corrected chi connectivity index (χ2v) is 6.47. The van der Waals surface area contributed by atoms with Crippen molar-refractivity contribution in [2.75, 3.05) is 0 Å². The highest BCUT2D eigenvalue weighted by Gasteiger charge is 2.50. The molecule has 0 unspecified atom stereocenters. The minimum atomic E-state index is -1.20. The van der Waals surface area contributed by atoms with Crippen molar-refractivity contribution in [3.05, 3.63) is 102 Å². The number of guanidine groups is 1. The van der Waals surface area contributed by atoms with Gasteiger partial charge in [0.05, 0.1) is 6.54 Å². The molecule has 0 saturated carbocycles. The maximum atomic E-state index is 13.6. The first-order valence-corrected chi connectivity index (χ1v) is 8.67. The number of nitrogens with zero attached hydrogens (tertiary/aromatic N) is 2. The molecule has 5 nitrogen and oxygen atoms in total. The maximum absolute atomic E-state index is 13.6. The molecule has 1 amide bonds. The van der Waals surface area contributed by atoms with Crippen LogP contribution in [0.4, 0.5) is 0 Å². The summed E-state index contributed by atoms with van der Waals surface area (Å²) in [7, 11) is 0. The van der Waals surface area contributed by atoms with Crippen LogP contribution in [0.5, 0.6) is 5.75 Å². The van der Waals surface area contributed by atoms with E-state index in [9.17, 15) is 9.90 Å². The van der Waals surface area contributed by atoms with Crippen LogP contribution in [-0.2, 0) is 16.9 Å². The number of hydrogen-bond acceptors (Lipinski definition) is 4. The minimum absolute atomic E-state index is 0.145. The number of nitrogens with two attached hydrogens (primary N) is 1. The van der Waals surface area contributed by atoms with E-state index in [0.717, 1.165) is 16.7 Å². The minimum Gasteiger partial charge on any atom is -0.508 e. The summed E-state index contributed by atoms with van der Waals surface area (Å²) in [6.45, 7) is 0.240. The SMILES string of the molecule is NC1=NC(c2ccccc2)(c2ccccc2)C(=O)N1Cc1cccc(O)c1. The predicted molar refractivity (Wildman–Crippen MR) is 104 cm³/mol. The summed E-state index contributed by atoms with van der Waals surface area (Å²) < 4.78 is 0. The number of amides is 1. The molecule has 3 aromatic carbocycles. The van der Waals surface area contributed by atoms with Gasteiger partial charge in [0.15, 0.2) is 11.5 Å². The second-order valence-electron chi connectivity index (χ2n) is 6.47. The molecule has 1 heterocycles. The summed E-state index contributed by atoms with van der Waals surface area (Å²) in [5, 5.41) is 9.71. The van der Waals surface area contributed by atoms with Gasteiger partial charge in [0.1, 0.15) is 5.75 Å². The molecule has 3 N–H and O–H groups in total. The molecular weight excluding hydrogens is 338 g/mol. The number of carbonyl (C=O) groups is 1. The van der Waals surface area contributed by atoms with Crippen LogP contribution >= 0.6 is 0 Å². The smallest absolute Gasteiger partial charge is 0.266 e. The van der Waals surface area contributed by atoms with Gasteiger partial charge in [-0.05, 0) is 28.8 Å². The number of phenols is 1. The lowest BCUT2D eigenvalue weighted by Gasteiger charge is -2.27. The van der Waals surface area contributed by atoms with Gasteiger partial charge < -0.3 is 10.8 Å². The van der Waals surface area contributed by atoms with Gasteiger partial charge in [-0.1, -0.05) is 72.8 Å². The van der Waals surface area contributed by atoms with E-state index in [4.69, 9.17) is 5.73 Å². The van der Waals surface area contributed by atoms with E-state index in [0.29, 0.717) is 0 Å². The lowest BCUT2D eigenvalue weighted by Crippen LogP contribution is -2.43. The zero-order valence-electron chi connectivity index (χ0n) is 14.6. The van der Waals surface area contributed by atoms with Crippen LogP contribution in [-0.4, -0.2) is 21.9 Å². The Balaban J connectivity index is 1.81. The number of hydrogen-bond donors (Lipinski definition) is 2. The Morgan fingerprint density at radius 3 is 2.04 bits per heavy atom. The van der Waals surface area contributed by atoms with Gasteiger partial charge in [-0.3, -0.25) is 9.69 Å². The van der Waals surface area contributed by atoms with E-state index in [2.05, 4.69) is 4.99 Å². The largest absolute Gasteiger partial charge is 0.508 e.